The van der Waals surface area contributed by atoms with Crippen molar-refractivity contribution in [3.8, 4) is 5.75 Å². The Morgan fingerprint density at radius 3 is 2.92 bits per heavy atom. The molecule has 1 saturated heterocycles. The molecule has 1 aromatic carbocycles. The average Bonchev–Trinajstić information content (AvgIpc) is 3.12. The van der Waals surface area contributed by atoms with Crippen LogP contribution < -0.4 is 15.4 Å². The number of hydrogen-bond acceptors (Lipinski definition) is 5. The summed E-state index contributed by atoms with van der Waals surface area (Å²) in [6.07, 6.45) is 3.43. The van der Waals surface area contributed by atoms with E-state index in [-0.39, 0.29) is 24.0 Å². The molecular weight excluding hydrogens is 368 g/mol. The van der Waals surface area contributed by atoms with Gasteiger partial charge in [0.25, 0.3) is 5.91 Å². The first-order valence-electron chi connectivity index (χ1n) is 8.17. The predicted octanol–water partition coefficient (Wildman–Crippen LogP) is 2.39. The van der Waals surface area contributed by atoms with Gasteiger partial charge in [0.15, 0.2) is 5.69 Å². The predicted molar refractivity (Wildman–Crippen MR) is 90.4 cm³/mol. The molecular formula is C16H18ClF2N5O2. The number of nitrogens with one attached hydrogen (secondary N) is 2. The first kappa shape index (κ1) is 18.5. The van der Waals surface area contributed by atoms with Crippen molar-refractivity contribution in [2.75, 3.05) is 13.1 Å². The maximum Gasteiger partial charge on any atom is 0.387 e. The first-order valence-corrected chi connectivity index (χ1v) is 8.54. The molecule has 0 atom stereocenters. The molecule has 10 heteroatoms. The van der Waals surface area contributed by atoms with Crippen LogP contribution in [0.5, 0.6) is 5.75 Å². The van der Waals surface area contributed by atoms with Crippen LogP contribution in [0.25, 0.3) is 0 Å². The number of ether oxygens (including phenoxy) is 1. The van der Waals surface area contributed by atoms with Crippen LogP contribution >= 0.6 is 11.6 Å². The number of aromatic nitrogens is 3. The van der Waals surface area contributed by atoms with Gasteiger partial charge in [0.1, 0.15) is 5.75 Å². The zero-order valence-electron chi connectivity index (χ0n) is 13.8. The number of piperidine rings is 1. The topological polar surface area (TPSA) is 81.1 Å². The molecule has 0 saturated carbocycles. The van der Waals surface area contributed by atoms with Gasteiger partial charge in [0.05, 0.1) is 12.2 Å². The van der Waals surface area contributed by atoms with Crippen molar-refractivity contribution in [3.63, 3.8) is 0 Å². The molecule has 0 spiro atoms. The molecule has 2 heterocycles. The van der Waals surface area contributed by atoms with Crippen LogP contribution in [0.3, 0.4) is 0 Å². The third-order valence-electron chi connectivity index (χ3n) is 4.10. The lowest BCUT2D eigenvalue weighted by molar-refractivity contribution is -0.0504. The van der Waals surface area contributed by atoms with E-state index in [9.17, 15) is 13.6 Å². The SMILES string of the molecule is O=C(NCc1cc(Cl)ccc1OC(F)F)c1cn(C2CCNCC2)nn1. The van der Waals surface area contributed by atoms with Crippen molar-refractivity contribution < 1.29 is 18.3 Å². The molecule has 7 nitrogen and oxygen atoms in total. The second-order valence-electron chi connectivity index (χ2n) is 5.88. The van der Waals surface area contributed by atoms with Crippen molar-refractivity contribution in [1.82, 2.24) is 25.6 Å². The van der Waals surface area contributed by atoms with Crippen LogP contribution in [0.15, 0.2) is 24.4 Å². The number of hydrogen-bond donors (Lipinski definition) is 2. The van der Waals surface area contributed by atoms with E-state index in [4.69, 9.17) is 11.6 Å². The largest absolute Gasteiger partial charge is 0.434 e. The Hall–Kier alpha value is -2.26. The van der Waals surface area contributed by atoms with E-state index in [2.05, 4.69) is 25.7 Å². The van der Waals surface area contributed by atoms with Crippen LogP contribution in [0.1, 0.15) is 34.9 Å². The maximum atomic E-state index is 12.5. The van der Waals surface area contributed by atoms with Crippen molar-refractivity contribution in [2.24, 2.45) is 0 Å². The Labute approximate surface area is 153 Å². The van der Waals surface area contributed by atoms with Gasteiger partial charge in [-0.1, -0.05) is 16.8 Å². The van der Waals surface area contributed by atoms with Crippen LogP contribution in [0.2, 0.25) is 5.02 Å². The Morgan fingerprint density at radius 1 is 1.42 bits per heavy atom. The molecule has 1 fully saturated rings. The van der Waals surface area contributed by atoms with E-state index in [1.165, 1.54) is 18.2 Å². The lowest BCUT2D eigenvalue weighted by Crippen LogP contribution is -2.29. The molecule has 0 unspecified atom stereocenters. The van der Waals surface area contributed by atoms with Crippen molar-refractivity contribution in [1.29, 1.82) is 0 Å². The summed E-state index contributed by atoms with van der Waals surface area (Å²) in [5.74, 6) is -0.490. The highest BCUT2D eigenvalue weighted by atomic mass is 35.5. The first-order chi connectivity index (χ1) is 12.5. The summed E-state index contributed by atoms with van der Waals surface area (Å²) in [4.78, 5) is 12.3. The Kier molecular flexibility index (Phi) is 6.00. The van der Waals surface area contributed by atoms with Crippen LogP contribution in [0, 0.1) is 0 Å². The van der Waals surface area contributed by atoms with Gasteiger partial charge in [0, 0.05) is 17.1 Å². The van der Waals surface area contributed by atoms with Crippen LogP contribution in [-0.2, 0) is 6.54 Å². The van der Waals surface area contributed by atoms with Gasteiger partial charge in [0.2, 0.25) is 0 Å². The fraction of sp³-hybridized carbons (Fsp3) is 0.438. The number of carbonyl (C=O) groups excluding carboxylic acids is 1. The second-order valence-corrected chi connectivity index (χ2v) is 6.31. The molecule has 0 bridgehead atoms. The van der Waals surface area contributed by atoms with E-state index in [0.717, 1.165) is 25.9 Å². The van der Waals surface area contributed by atoms with Gasteiger partial charge in [-0.15, -0.1) is 5.10 Å². The Bertz CT molecular complexity index is 765. The fourth-order valence-electron chi connectivity index (χ4n) is 2.79. The number of carbonyl (C=O) groups is 1. The van der Waals surface area contributed by atoms with Gasteiger partial charge >= 0.3 is 6.61 Å². The molecule has 1 aromatic heterocycles. The molecule has 140 valence electrons. The minimum Gasteiger partial charge on any atom is -0.434 e. The summed E-state index contributed by atoms with van der Waals surface area (Å²) in [6.45, 7) is -1.20. The molecule has 1 amide bonds. The summed E-state index contributed by atoms with van der Waals surface area (Å²) >= 11 is 5.89. The van der Waals surface area contributed by atoms with Gasteiger partial charge in [-0.2, -0.15) is 8.78 Å². The van der Waals surface area contributed by atoms with E-state index >= 15 is 0 Å². The zero-order chi connectivity index (χ0) is 18.5. The third kappa shape index (κ3) is 4.67. The lowest BCUT2D eigenvalue weighted by atomic mass is 10.1. The standard InChI is InChI=1S/C16H18ClF2N5O2/c17-11-1-2-14(26-16(18)19)10(7-11)8-21-15(25)13-9-24(23-22-13)12-3-5-20-6-4-12/h1-2,7,9,12,16,20H,3-6,8H2,(H,21,25). The molecule has 2 aromatic rings. The van der Waals surface area contributed by atoms with Crippen molar-refractivity contribution in [2.45, 2.75) is 32.0 Å². The number of alkyl halides is 2. The third-order valence-corrected chi connectivity index (χ3v) is 4.34. The molecule has 26 heavy (non-hydrogen) atoms. The number of benzene rings is 1. The number of halogens is 3. The smallest absolute Gasteiger partial charge is 0.387 e. The molecule has 0 radical (unpaired) electrons. The molecule has 0 aliphatic carbocycles. The highest BCUT2D eigenvalue weighted by Crippen LogP contribution is 2.24. The molecule has 1 aliphatic rings. The molecule has 1 aliphatic heterocycles. The van der Waals surface area contributed by atoms with Crippen LogP contribution in [0.4, 0.5) is 8.78 Å². The summed E-state index contributed by atoms with van der Waals surface area (Å²) < 4.78 is 31.1. The minimum absolute atomic E-state index is 0.0261. The van der Waals surface area contributed by atoms with Gasteiger partial charge in [-0.25, -0.2) is 4.68 Å². The van der Waals surface area contributed by atoms with E-state index in [0.29, 0.717) is 10.6 Å². The number of amides is 1. The number of nitrogens with zero attached hydrogens (tertiary/aromatic N) is 3. The summed E-state index contributed by atoms with van der Waals surface area (Å²) in [7, 11) is 0. The summed E-state index contributed by atoms with van der Waals surface area (Å²) in [5.41, 5.74) is 0.513. The maximum absolute atomic E-state index is 12.5. The number of rotatable bonds is 6. The van der Waals surface area contributed by atoms with Gasteiger partial charge < -0.3 is 15.4 Å². The molecule has 3 rings (SSSR count). The van der Waals surface area contributed by atoms with E-state index < -0.39 is 12.5 Å². The van der Waals surface area contributed by atoms with Crippen molar-refractivity contribution in [3.05, 3.63) is 40.7 Å². The van der Waals surface area contributed by atoms with Gasteiger partial charge in [-0.3, -0.25) is 4.79 Å². The zero-order valence-corrected chi connectivity index (χ0v) is 14.5. The monoisotopic (exact) mass is 385 g/mol. The average molecular weight is 386 g/mol. The summed E-state index contributed by atoms with van der Waals surface area (Å²) in [5, 5.41) is 14.2. The van der Waals surface area contributed by atoms with Crippen molar-refractivity contribution >= 4 is 17.5 Å². The highest BCUT2D eigenvalue weighted by molar-refractivity contribution is 6.30. The van der Waals surface area contributed by atoms with E-state index in [1.807, 2.05) is 0 Å². The lowest BCUT2D eigenvalue weighted by Gasteiger charge is -2.22. The van der Waals surface area contributed by atoms with E-state index in [1.54, 1.807) is 10.9 Å². The Balaban J connectivity index is 1.64. The summed E-state index contributed by atoms with van der Waals surface area (Å²) in [6, 6.07) is 4.45. The van der Waals surface area contributed by atoms with Crippen LogP contribution in [-0.4, -0.2) is 40.6 Å². The quantitative estimate of drug-likeness (QED) is 0.798. The normalized spacial score (nSPS) is 15.2. The fourth-order valence-corrected chi connectivity index (χ4v) is 2.99. The Morgan fingerprint density at radius 2 is 2.19 bits per heavy atom. The minimum atomic E-state index is -2.96. The highest BCUT2D eigenvalue weighted by Gasteiger charge is 2.19. The molecule has 2 N–H and O–H groups in total. The van der Waals surface area contributed by atoms with Gasteiger partial charge in [-0.05, 0) is 44.1 Å². The second kappa shape index (κ2) is 8.41.